The van der Waals surface area contributed by atoms with Crippen molar-refractivity contribution in [3.8, 4) is 5.69 Å². The molecule has 0 radical (unpaired) electrons. The number of benzene rings is 2. The summed E-state index contributed by atoms with van der Waals surface area (Å²) in [5, 5.41) is 3.22. The van der Waals surface area contributed by atoms with E-state index in [-0.39, 0.29) is 29.6 Å². The molecule has 1 saturated carbocycles. The number of amides is 1. The highest BCUT2D eigenvalue weighted by atomic mass is 32.2. The van der Waals surface area contributed by atoms with E-state index >= 15 is 0 Å². The van der Waals surface area contributed by atoms with Gasteiger partial charge in [0.1, 0.15) is 10.6 Å². The summed E-state index contributed by atoms with van der Waals surface area (Å²) < 4.78 is 15.6. The predicted octanol–water partition coefficient (Wildman–Crippen LogP) is 5.21. The third kappa shape index (κ3) is 4.45. The lowest BCUT2D eigenvalue weighted by Crippen LogP contribution is -2.29. The van der Waals surface area contributed by atoms with Gasteiger partial charge in [-0.3, -0.25) is 14.2 Å². The van der Waals surface area contributed by atoms with Crippen LogP contribution in [0.4, 0.5) is 4.39 Å². The average Bonchev–Trinajstić information content (AvgIpc) is 3.58. The molecule has 0 spiro atoms. The number of fused-ring (bicyclic) bond motifs is 1. The molecular weight excluding hydrogens is 457 g/mol. The van der Waals surface area contributed by atoms with E-state index in [2.05, 4.69) is 0 Å². The zero-order valence-corrected chi connectivity index (χ0v) is 19.7. The van der Waals surface area contributed by atoms with Crippen molar-refractivity contribution in [2.45, 2.75) is 30.5 Å². The summed E-state index contributed by atoms with van der Waals surface area (Å²) in [6, 6.07) is 15.8. The van der Waals surface area contributed by atoms with Gasteiger partial charge in [0.05, 0.1) is 16.8 Å². The molecule has 2 aromatic carbocycles. The van der Waals surface area contributed by atoms with E-state index in [9.17, 15) is 14.0 Å². The monoisotopic (exact) mass is 479 g/mol. The Labute approximate surface area is 198 Å². The largest absolute Gasteiger partial charge is 0.341 e. The number of carbonyl (C=O) groups is 1. The van der Waals surface area contributed by atoms with E-state index in [1.165, 1.54) is 34.1 Å². The van der Waals surface area contributed by atoms with Crippen molar-refractivity contribution in [3.05, 3.63) is 87.3 Å². The lowest BCUT2D eigenvalue weighted by Gasteiger charge is -2.18. The van der Waals surface area contributed by atoms with Crippen molar-refractivity contribution in [2.24, 2.45) is 0 Å². The van der Waals surface area contributed by atoms with Crippen LogP contribution in [0.25, 0.3) is 15.9 Å². The van der Waals surface area contributed by atoms with Gasteiger partial charge in [0.15, 0.2) is 5.16 Å². The van der Waals surface area contributed by atoms with E-state index in [1.807, 2.05) is 35.7 Å². The minimum atomic E-state index is -0.334. The fraction of sp³-hybridized carbons (Fsp3) is 0.240. The Balaban J connectivity index is 1.44. The Hall–Kier alpha value is -2.97. The van der Waals surface area contributed by atoms with Crippen LogP contribution in [0.2, 0.25) is 0 Å². The highest BCUT2D eigenvalue weighted by Crippen LogP contribution is 2.44. The molecule has 4 aromatic rings. The lowest BCUT2D eigenvalue weighted by atomic mass is 10.1. The molecule has 0 N–H and O–H groups in total. The van der Waals surface area contributed by atoms with E-state index < -0.39 is 0 Å². The summed E-state index contributed by atoms with van der Waals surface area (Å²) in [5.74, 6) is 0.0435. The molecule has 0 unspecified atom stereocenters. The summed E-state index contributed by atoms with van der Waals surface area (Å²) in [6.45, 7) is 0.180. The van der Waals surface area contributed by atoms with Crippen molar-refractivity contribution in [1.29, 1.82) is 0 Å². The number of nitrogens with zero attached hydrogens (tertiary/aromatic N) is 3. The number of halogens is 1. The zero-order valence-electron chi connectivity index (χ0n) is 18.0. The first-order chi connectivity index (χ1) is 16.0. The first-order valence-electron chi connectivity index (χ1n) is 10.7. The van der Waals surface area contributed by atoms with Crippen LogP contribution in [-0.2, 0) is 11.3 Å². The van der Waals surface area contributed by atoms with Gasteiger partial charge in [-0.05, 0) is 47.9 Å². The SMILES string of the molecule is CN(Cc1ccccc1F)C(=O)CSc1nc2scc(C3CC3)c2c(=O)n1-c1ccccc1. The van der Waals surface area contributed by atoms with Crippen molar-refractivity contribution >= 4 is 39.2 Å². The summed E-state index contributed by atoms with van der Waals surface area (Å²) in [5.41, 5.74) is 2.18. The van der Waals surface area contributed by atoms with Gasteiger partial charge in [-0.2, -0.15) is 0 Å². The second-order valence-corrected chi connectivity index (χ2v) is 9.95. The van der Waals surface area contributed by atoms with Crippen LogP contribution in [0.3, 0.4) is 0 Å². The van der Waals surface area contributed by atoms with Crippen LogP contribution in [0, 0.1) is 5.82 Å². The van der Waals surface area contributed by atoms with Crippen LogP contribution in [0.5, 0.6) is 0 Å². The minimum absolute atomic E-state index is 0.0935. The molecule has 8 heteroatoms. The smallest absolute Gasteiger partial charge is 0.267 e. The van der Waals surface area contributed by atoms with Gasteiger partial charge in [0, 0.05) is 19.2 Å². The molecule has 168 valence electrons. The van der Waals surface area contributed by atoms with Gasteiger partial charge in [-0.15, -0.1) is 11.3 Å². The van der Waals surface area contributed by atoms with Crippen molar-refractivity contribution in [2.75, 3.05) is 12.8 Å². The van der Waals surface area contributed by atoms with Crippen LogP contribution in [-0.4, -0.2) is 33.2 Å². The first-order valence-corrected chi connectivity index (χ1v) is 12.6. The third-order valence-electron chi connectivity index (χ3n) is 5.75. The van der Waals surface area contributed by atoms with Crippen LogP contribution in [0.1, 0.15) is 29.9 Å². The third-order valence-corrected chi connectivity index (χ3v) is 7.57. The van der Waals surface area contributed by atoms with Crippen LogP contribution < -0.4 is 5.56 Å². The molecule has 0 saturated heterocycles. The van der Waals surface area contributed by atoms with Crippen LogP contribution >= 0.6 is 23.1 Å². The summed E-state index contributed by atoms with van der Waals surface area (Å²) in [7, 11) is 1.65. The Morgan fingerprint density at radius 1 is 1.18 bits per heavy atom. The maximum Gasteiger partial charge on any atom is 0.267 e. The number of para-hydroxylation sites is 1. The van der Waals surface area contributed by atoms with E-state index in [4.69, 9.17) is 4.98 Å². The number of hydrogen-bond donors (Lipinski definition) is 0. The van der Waals surface area contributed by atoms with Gasteiger partial charge < -0.3 is 4.90 Å². The number of aromatic nitrogens is 2. The van der Waals surface area contributed by atoms with Gasteiger partial charge >= 0.3 is 0 Å². The number of thiophene rings is 1. The Morgan fingerprint density at radius 3 is 2.64 bits per heavy atom. The molecule has 1 aliphatic carbocycles. The minimum Gasteiger partial charge on any atom is -0.341 e. The molecule has 2 heterocycles. The Bertz CT molecular complexity index is 1380. The molecule has 0 bridgehead atoms. The summed E-state index contributed by atoms with van der Waals surface area (Å²) in [4.78, 5) is 33.4. The number of thioether (sulfide) groups is 1. The fourth-order valence-corrected chi connectivity index (χ4v) is 5.81. The average molecular weight is 480 g/mol. The summed E-state index contributed by atoms with van der Waals surface area (Å²) in [6.07, 6.45) is 2.21. The predicted molar refractivity (Wildman–Crippen MR) is 131 cm³/mol. The molecule has 1 amide bonds. The van der Waals surface area contributed by atoms with Crippen molar-refractivity contribution in [3.63, 3.8) is 0 Å². The Kier molecular flexibility index (Phi) is 6.03. The topological polar surface area (TPSA) is 55.2 Å². The van der Waals surface area contributed by atoms with Crippen molar-refractivity contribution < 1.29 is 9.18 Å². The number of hydrogen-bond acceptors (Lipinski definition) is 5. The molecule has 1 fully saturated rings. The summed E-state index contributed by atoms with van der Waals surface area (Å²) >= 11 is 2.71. The highest BCUT2D eigenvalue weighted by Gasteiger charge is 2.29. The lowest BCUT2D eigenvalue weighted by molar-refractivity contribution is -0.127. The van der Waals surface area contributed by atoms with Crippen LogP contribution in [0.15, 0.2) is 69.9 Å². The molecule has 0 atom stereocenters. The first kappa shape index (κ1) is 21.9. The molecular formula is C25H22FN3O2S2. The number of rotatable bonds is 7. The van der Waals surface area contributed by atoms with E-state index in [0.717, 1.165) is 24.1 Å². The van der Waals surface area contributed by atoms with Crippen molar-refractivity contribution in [1.82, 2.24) is 14.5 Å². The Morgan fingerprint density at radius 2 is 1.91 bits per heavy atom. The highest BCUT2D eigenvalue weighted by molar-refractivity contribution is 7.99. The maximum absolute atomic E-state index is 14.0. The second-order valence-electron chi connectivity index (χ2n) is 8.15. The standard InChI is InChI=1S/C25H22FN3O2S2/c1-28(13-17-7-5-6-10-20(17)26)21(30)15-33-25-27-23-22(19(14-32-23)16-11-12-16)24(31)29(25)18-8-3-2-4-9-18/h2-10,14,16H,11-13,15H2,1H3. The van der Waals surface area contributed by atoms with E-state index in [1.54, 1.807) is 29.8 Å². The maximum atomic E-state index is 14.0. The van der Waals surface area contributed by atoms with Gasteiger partial charge in [-0.25, -0.2) is 9.37 Å². The molecule has 0 aliphatic heterocycles. The molecule has 5 nitrogen and oxygen atoms in total. The molecule has 33 heavy (non-hydrogen) atoms. The number of carbonyl (C=O) groups excluding carboxylic acids is 1. The van der Waals surface area contributed by atoms with E-state index in [0.29, 0.717) is 26.9 Å². The second kappa shape index (κ2) is 9.11. The normalized spacial score (nSPS) is 13.4. The van der Waals surface area contributed by atoms with Gasteiger partial charge in [-0.1, -0.05) is 48.2 Å². The zero-order chi connectivity index (χ0) is 22.9. The quantitative estimate of drug-likeness (QED) is 0.270. The van der Waals surface area contributed by atoms with Gasteiger partial charge in [0.2, 0.25) is 5.91 Å². The van der Waals surface area contributed by atoms with Gasteiger partial charge in [0.25, 0.3) is 5.56 Å². The molecule has 2 aromatic heterocycles. The molecule has 1 aliphatic rings. The fourth-order valence-electron chi connectivity index (χ4n) is 3.80. The molecule has 5 rings (SSSR count).